The molecule has 0 bridgehead atoms. The fourth-order valence-electron chi connectivity index (χ4n) is 4.36. The van der Waals surface area contributed by atoms with Crippen LogP contribution in [0.15, 0.2) is 18.2 Å². The van der Waals surface area contributed by atoms with Gasteiger partial charge < -0.3 is 14.4 Å². The Morgan fingerprint density at radius 1 is 0.920 bits per heavy atom. The smallest absolute Gasteiger partial charge is 0.184 e. The van der Waals surface area contributed by atoms with Crippen LogP contribution in [0.1, 0.15) is 38.5 Å². The molecule has 0 spiro atoms. The molecule has 0 radical (unpaired) electrons. The SMILES string of the molecule is Cl.c1cc2c(c(N3CCN(CCC4CCCCC4)CC3)c1)OCCO2. The van der Waals surface area contributed by atoms with E-state index < -0.39 is 0 Å². The fraction of sp³-hybridized carbons (Fsp3) is 0.700. The molecule has 0 N–H and O–H groups in total. The largest absolute Gasteiger partial charge is 0.486 e. The molecule has 5 heteroatoms. The first-order valence-electron chi connectivity index (χ1n) is 9.76. The number of nitrogens with zero attached hydrogens (tertiary/aromatic N) is 2. The third-order valence-corrected chi connectivity index (χ3v) is 5.84. The third kappa shape index (κ3) is 4.53. The van der Waals surface area contributed by atoms with E-state index in [1.165, 1.54) is 50.8 Å². The summed E-state index contributed by atoms with van der Waals surface area (Å²) in [7, 11) is 0. The Morgan fingerprint density at radius 2 is 1.68 bits per heavy atom. The molecule has 25 heavy (non-hydrogen) atoms. The lowest BCUT2D eigenvalue weighted by Crippen LogP contribution is -2.47. The van der Waals surface area contributed by atoms with E-state index in [0.717, 1.165) is 43.6 Å². The number of para-hydroxylation sites is 1. The Hall–Kier alpha value is -1.13. The van der Waals surface area contributed by atoms with Crippen LogP contribution in [0.25, 0.3) is 0 Å². The van der Waals surface area contributed by atoms with Gasteiger partial charge in [0.1, 0.15) is 13.2 Å². The van der Waals surface area contributed by atoms with Crippen molar-refractivity contribution >= 4 is 18.1 Å². The van der Waals surface area contributed by atoms with Crippen molar-refractivity contribution in [3.8, 4) is 11.5 Å². The van der Waals surface area contributed by atoms with Gasteiger partial charge in [-0.2, -0.15) is 0 Å². The summed E-state index contributed by atoms with van der Waals surface area (Å²) in [6.07, 6.45) is 8.71. The molecule has 2 heterocycles. The van der Waals surface area contributed by atoms with Crippen LogP contribution in [0.4, 0.5) is 5.69 Å². The number of benzene rings is 1. The van der Waals surface area contributed by atoms with E-state index in [-0.39, 0.29) is 12.4 Å². The van der Waals surface area contributed by atoms with Gasteiger partial charge >= 0.3 is 0 Å². The van der Waals surface area contributed by atoms with Crippen LogP contribution >= 0.6 is 12.4 Å². The van der Waals surface area contributed by atoms with Crippen LogP contribution < -0.4 is 14.4 Å². The number of ether oxygens (including phenoxy) is 2. The summed E-state index contributed by atoms with van der Waals surface area (Å²) in [6, 6.07) is 6.27. The quantitative estimate of drug-likeness (QED) is 0.804. The molecule has 1 saturated heterocycles. The zero-order valence-corrected chi connectivity index (χ0v) is 15.9. The van der Waals surface area contributed by atoms with E-state index >= 15 is 0 Å². The number of fused-ring (bicyclic) bond motifs is 1. The maximum Gasteiger partial charge on any atom is 0.184 e. The van der Waals surface area contributed by atoms with Gasteiger partial charge in [-0.1, -0.05) is 38.2 Å². The second kappa shape index (κ2) is 9.00. The van der Waals surface area contributed by atoms with Crippen LogP contribution in [0.3, 0.4) is 0 Å². The molecule has 2 fully saturated rings. The van der Waals surface area contributed by atoms with Crippen molar-refractivity contribution in [1.82, 2.24) is 4.90 Å². The van der Waals surface area contributed by atoms with E-state index in [9.17, 15) is 0 Å². The molecule has 140 valence electrons. The Kier molecular flexibility index (Phi) is 6.71. The maximum absolute atomic E-state index is 5.88. The van der Waals surface area contributed by atoms with Gasteiger partial charge in [-0.25, -0.2) is 0 Å². The van der Waals surface area contributed by atoms with Gasteiger partial charge in [-0.3, -0.25) is 4.90 Å². The maximum atomic E-state index is 5.88. The highest BCUT2D eigenvalue weighted by Crippen LogP contribution is 2.39. The molecular weight excluding hydrogens is 336 g/mol. The van der Waals surface area contributed by atoms with Crippen molar-refractivity contribution in [2.45, 2.75) is 38.5 Å². The minimum Gasteiger partial charge on any atom is -0.486 e. The zero-order valence-electron chi connectivity index (χ0n) is 15.1. The minimum absolute atomic E-state index is 0. The van der Waals surface area contributed by atoms with Crippen molar-refractivity contribution in [3.05, 3.63) is 18.2 Å². The molecule has 2 aliphatic heterocycles. The van der Waals surface area contributed by atoms with Gasteiger partial charge in [0.25, 0.3) is 0 Å². The van der Waals surface area contributed by atoms with Gasteiger partial charge in [-0.05, 0) is 31.0 Å². The van der Waals surface area contributed by atoms with Crippen molar-refractivity contribution in [3.63, 3.8) is 0 Å². The highest BCUT2D eigenvalue weighted by atomic mass is 35.5. The summed E-state index contributed by atoms with van der Waals surface area (Å²) in [4.78, 5) is 5.11. The number of halogens is 1. The summed E-state index contributed by atoms with van der Waals surface area (Å²) >= 11 is 0. The zero-order chi connectivity index (χ0) is 16.2. The average Bonchev–Trinajstić information content (AvgIpc) is 2.67. The number of rotatable bonds is 4. The number of hydrogen-bond acceptors (Lipinski definition) is 4. The molecule has 0 amide bonds. The number of piperazine rings is 1. The molecule has 4 nitrogen and oxygen atoms in total. The fourth-order valence-corrected chi connectivity index (χ4v) is 4.36. The molecule has 0 unspecified atom stereocenters. The predicted octanol–water partition coefficient (Wildman–Crippen LogP) is 3.97. The van der Waals surface area contributed by atoms with Crippen molar-refractivity contribution in [2.24, 2.45) is 5.92 Å². The standard InChI is InChI=1S/C20H30N2O2.ClH/c1-2-5-17(6-3-1)9-10-21-11-13-22(14-12-21)18-7-4-8-19-20(18)24-16-15-23-19;/h4,7-8,17H,1-3,5-6,9-16H2;1H. The van der Waals surface area contributed by atoms with E-state index in [2.05, 4.69) is 21.9 Å². The molecule has 1 saturated carbocycles. The first-order chi connectivity index (χ1) is 11.9. The Bertz CT molecular complexity index is 540. The molecule has 0 atom stereocenters. The Morgan fingerprint density at radius 3 is 2.48 bits per heavy atom. The summed E-state index contributed by atoms with van der Waals surface area (Å²) in [5.74, 6) is 2.83. The predicted molar refractivity (Wildman–Crippen MR) is 105 cm³/mol. The Labute approximate surface area is 157 Å². The van der Waals surface area contributed by atoms with E-state index in [1.807, 2.05) is 6.07 Å². The third-order valence-electron chi connectivity index (χ3n) is 5.84. The highest BCUT2D eigenvalue weighted by Gasteiger charge is 2.24. The summed E-state index contributed by atoms with van der Waals surface area (Å²) < 4.78 is 11.6. The van der Waals surface area contributed by atoms with Crippen molar-refractivity contribution < 1.29 is 9.47 Å². The first-order valence-corrected chi connectivity index (χ1v) is 9.76. The minimum atomic E-state index is 0. The summed E-state index contributed by atoms with van der Waals surface area (Å²) in [5, 5.41) is 0. The molecule has 4 rings (SSSR count). The van der Waals surface area contributed by atoms with Crippen molar-refractivity contribution in [2.75, 3.05) is 50.8 Å². The molecule has 1 aromatic rings. The highest BCUT2D eigenvalue weighted by molar-refractivity contribution is 5.85. The van der Waals surface area contributed by atoms with Gasteiger partial charge in [-0.15, -0.1) is 12.4 Å². The van der Waals surface area contributed by atoms with E-state index in [1.54, 1.807) is 0 Å². The van der Waals surface area contributed by atoms with Gasteiger partial charge in [0, 0.05) is 26.2 Å². The summed E-state index contributed by atoms with van der Waals surface area (Å²) in [6.45, 7) is 7.10. The van der Waals surface area contributed by atoms with Crippen LogP contribution in [-0.2, 0) is 0 Å². The second-order valence-corrected chi connectivity index (χ2v) is 7.42. The molecular formula is C20H31ClN2O2. The van der Waals surface area contributed by atoms with Crippen LogP contribution in [0.2, 0.25) is 0 Å². The van der Waals surface area contributed by atoms with Crippen LogP contribution in [0, 0.1) is 5.92 Å². The Balaban J connectivity index is 0.00000182. The number of anilines is 1. The lowest BCUT2D eigenvalue weighted by molar-refractivity contribution is 0.171. The van der Waals surface area contributed by atoms with E-state index in [0.29, 0.717) is 13.2 Å². The van der Waals surface area contributed by atoms with E-state index in [4.69, 9.17) is 9.47 Å². The first kappa shape index (κ1) is 18.7. The van der Waals surface area contributed by atoms with Crippen LogP contribution in [0.5, 0.6) is 11.5 Å². The van der Waals surface area contributed by atoms with Crippen LogP contribution in [-0.4, -0.2) is 50.8 Å². The topological polar surface area (TPSA) is 24.9 Å². The van der Waals surface area contributed by atoms with Gasteiger partial charge in [0.15, 0.2) is 11.5 Å². The average molecular weight is 367 g/mol. The second-order valence-electron chi connectivity index (χ2n) is 7.42. The molecule has 1 aromatic carbocycles. The number of hydrogen-bond donors (Lipinski definition) is 0. The lowest BCUT2D eigenvalue weighted by atomic mass is 9.87. The van der Waals surface area contributed by atoms with Gasteiger partial charge in [0.05, 0.1) is 5.69 Å². The molecule has 1 aliphatic carbocycles. The normalized spacial score (nSPS) is 21.7. The lowest BCUT2D eigenvalue weighted by Gasteiger charge is -2.38. The monoisotopic (exact) mass is 366 g/mol. The molecule has 3 aliphatic rings. The van der Waals surface area contributed by atoms with Crippen molar-refractivity contribution in [1.29, 1.82) is 0 Å². The summed E-state index contributed by atoms with van der Waals surface area (Å²) in [5.41, 5.74) is 1.21. The van der Waals surface area contributed by atoms with Gasteiger partial charge in [0.2, 0.25) is 0 Å². The molecule has 0 aromatic heterocycles.